The fraction of sp³-hybridized carbons (Fsp3) is 0.700. The number of carbonyl (C=O) groups is 3. The first-order valence-electron chi connectivity index (χ1n) is 5.41. The summed E-state index contributed by atoms with van der Waals surface area (Å²) in [6.45, 7) is 5.18. The minimum Gasteiger partial charge on any atom is -0.465 e. The topological polar surface area (TPSA) is 117 Å². The van der Waals surface area contributed by atoms with Gasteiger partial charge in [0.05, 0.1) is 6.54 Å². The maximum absolute atomic E-state index is 11.2. The molecule has 0 atom stereocenters. The quantitative estimate of drug-likeness (QED) is 0.515. The van der Waals surface area contributed by atoms with Crippen LogP contribution in [-0.4, -0.2) is 48.4 Å². The molecule has 18 heavy (non-hydrogen) atoms. The summed E-state index contributed by atoms with van der Waals surface area (Å²) in [7, 11) is 0. The van der Waals surface area contributed by atoms with Crippen molar-refractivity contribution in [1.29, 1.82) is 0 Å². The molecule has 4 N–H and O–H groups in total. The summed E-state index contributed by atoms with van der Waals surface area (Å²) in [5.41, 5.74) is -0.619. The van der Waals surface area contributed by atoms with Gasteiger partial charge in [0, 0.05) is 13.1 Å². The Kier molecular flexibility index (Phi) is 6.54. The number of nitrogens with one attached hydrogen (secondary N) is 3. The Labute approximate surface area is 105 Å². The normalized spacial score (nSPS) is 10.4. The molecule has 0 aromatic carbocycles. The van der Waals surface area contributed by atoms with Crippen molar-refractivity contribution in [2.75, 3.05) is 19.6 Å². The standard InChI is InChI=1S/C10H19N3O5/c1-10(2,3)18-9(17)13-6-7(14)11-4-5-12-8(15)16/h12H,4-6H2,1-3H3,(H,11,14)(H,13,17)(H,15,16). The summed E-state index contributed by atoms with van der Waals surface area (Å²) < 4.78 is 4.93. The third-order valence-electron chi connectivity index (χ3n) is 1.52. The number of hydrogen-bond acceptors (Lipinski definition) is 4. The predicted octanol–water partition coefficient (Wildman–Crippen LogP) is -0.105. The molecule has 0 aromatic heterocycles. The van der Waals surface area contributed by atoms with Gasteiger partial charge in [-0.25, -0.2) is 9.59 Å². The Morgan fingerprint density at radius 1 is 1.06 bits per heavy atom. The van der Waals surface area contributed by atoms with Crippen molar-refractivity contribution in [3.8, 4) is 0 Å². The second kappa shape index (κ2) is 7.36. The van der Waals surface area contributed by atoms with Crippen LogP contribution < -0.4 is 16.0 Å². The Balaban J connectivity index is 3.64. The lowest BCUT2D eigenvalue weighted by Crippen LogP contribution is -2.41. The highest BCUT2D eigenvalue weighted by Crippen LogP contribution is 2.05. The SMILES string of the molecule is CC(C)(C)OC(=O)NCC(=O)NCCNC(=O)O. The van der Waals surface area contributed by atoms with Crippen LogP contribution in [0.3, 0.4) is 0 Å². The van der Waals surface area contributed by atoms with Crippen molar-refractivity contribution in [2.45, 2.75) is 26.4 Å². The summed E-state index contributed by atoms with van der Waals surface area (Å²) in [6.07, 6.45) is -1.84. The highest BCUT2D eigenvalue weighted by Gasteiger charge is 2.16. The summed E-state index contributed by atoms with van der Waals surface area (Å²) in [5.74, 6) is -0.423. The molecule has 0 unspecified atom stereocenters. The van der Waals surface area contributed by atoms with Gasteiger partial charge in [-0.05, 0) is 20.8 Å². The Bertz CT molecular complexity index is 311. The molecule has 3 amide bonds. The van der Waals surface area contributed by atoms with E-state index in [4.69, 9.17) is 9.84 Å². The summed E-state index contributed by atoms with van der Waals surface area (Å²) in [5, 5.41) is 15.1. The number of rotatable bonds is 5. The minimum atomic E-state index is -1.16. The van der Waals surface area contributed by atoms with Crippen LogP contribution >= 0.6 is 0 Å². The molecule has 0 bridgehead atoms. The number of ether oxygens (including phenoxy) is 1. The molecule has 0 fully saturated rings. The molecule has 0 rings (SSSR count). The molecular formula is C10H19N3O5. The van der Waals surface area contributed by atoms with E-state index in [1.807, 2.05) is 0 Å². The first-order valence-corrected chi connectivity index (χ1v) is 5.41. The second-order valence-electron chi connectivity index (χ2n) is 4.44. The van der Waals surface area contributed by atoms with Gasteiger partial charge in [0.2, 0.25) is 5.91 Å². The van der Waals surface area contributed by atoms with Crippen molar-refractivity contribution in [1.82, 2.24) is 16.0 Å². The fourth-order valence-electron chi connectivity index (χ4n) is 0.900. The van der Waals surface area contributed by atoms with Gasteiger partial charge in [0.1, 0.15) is 5.60 Å². The van der Waals surface area contributed by atoms with Crippen molar-refractivity contribution in [3.63, 3.8) is 0 Å². The molecular weight excluding hydrogens is 242 g/mol. The van der Waals surface area contributed by atoms with Gasteiger partial charge in [-0.3, -0.25) is 4.79 Å². The lowest BCUT2D eigenvalue weighted by molar-refractivity contribution is -0.120. The lowest BCUT2D eigenvalue weighted by Gasteiger charge is -2.19. The average Bonchev–Trinajstić information content (AvgIpc) is 2.19. The van der Waals surface area contributed by atoms with E-state index in [9.17, 15) is 14.4 Å². The molecule has 0 aliphatic heterocycles. The van der Waals surface area contributed by atoms with Gasteiger partial charge in [0.15, 0.2) is 0 Å². The van der Waals surface area contributed by atoms with Gasteiger partial charge in [-0.2, -0.15) is 0 Å². The van der Waals surface area contributed by atoms with Crippen LogP contribution in [0.5, 0.6) is 0 Å². The molecule has 0 saturated heterocycles. The van der Waals surface area contributed by atoms with Crippen molar-refractivity contribution >= 4 is 18.1 Å². The third-order valence-corrected chi connectivity index (χ3v) is 1.52. The predicted molar refractivity (Wildman–Crippen MR) is 63.3 cm³/mol. The van der Waals surface area contributed by atoms with E-state index in [1.165, 1.54) is 0 Å². The molecule has 0 saturated carbocycles. The zero-order valence-electron chi connectivity index (χ0n) is 10.7. The Morgan fingerprint density at radius 2 is 1.61 bits per heavy atom. The molecule has 0 aliphatic rings. The van der Waals surface area contributed by atoms with Crippen LogP contribution in [-0.2, 0) is 9.53 Å². The smallest absolute Gasteiger partial charge is 0.408 e. The van der Waals surface area contributed by atoms with Gasteiger partial charge < -0.3 is 25.8 Å². The maximum atomic E-state index is 11.2. The lowest BCUT2D eigenvalue weighted by atomic mass is 10.2. The fourth-order valence-corrected chi connectivity index (χ4v) is 0.900. The number of amides is 3. The number of alkyl carbamates (subject to hydrolysis) is 1. The van der Waals surface area contributed by atoms with Gasteiger partial charge >= 0.3 is 12.2 Å². The van der Waals surface area contributed by atoms with E-state index >= 15 is 0 Å². The van der Waals surface area contributed by atoms with E-state index in [1.54, 1.807) is 20.8 Å². The third kappa shape index (κ3) is 10.5. The van der Waals surface area contributed by atoms with Gasteiger partial charge in [-0.15, -0.1) is 0 Å². The summed E-state index contributed by atoms with van der Waals surface area (Å²) in [6, 6.07) is 0. The van der Waals surface area contributed by atoms with E-state index in [0.717, 1.165) is 0 Å². The Hall–Kier alpha value is -1.99. The van der Waals surface area contributed by atoms with Crippen LogP contribution in [0.25, 0.3) is 0 Å². The van der Waals surface area contributed by atoms with Crippen molar-refractivity contribution in [2.24, 2.45) is 0 Å². The second-order valence-corrected chi connectivity index (χ2v) is 4.44. The van der Waals surface area contributed by atoms with E-state index in [2.05, 4.69) is 16.0 Å². The zero-order valence-corrected chi connectivity index (χ0v) is 10.7. The molecule has 8 heteroatoms. The largest absolute Gasteiger partial charge is 0.465 e. The molecule has 0 heterocycles. The van der Waals surface area contributed by atoms with Crippen LogP contribution in [0, 0.1) is 0 Å². The monoisotopic (exact) mass is 261 g/mol. The Morgan fingerprint density at radius 3 is 2.11 bits per heavy atom. The average molecular weight is 261 g/mol. The van der Waals surface area contributed by atoms with E-state index < -0.39 is 23.7 Å². The number of carbonyl (C=O) groups excluding carboxylic acids is 2. The van der Waals surface area contributed by atoms with E-state index in [0.29, 0.717) is 0 Å². The van der Waals surface area contributed by atoms with Crippen molar-refractivity contribution in [3.05, 3.63) is 0 Å². The van der Waals surface area contributed by atoms with Crippen LogP contribution in [0.1, 0.15) is 20.8 Å². The van der Waals surface area contributed by atoms with Crippen LogP contribution in [0.15, 0.2) is 0 Å². The molecule has 8 nitrogen and oxygen atoms in total. The number of carboxylic acid groups (broad SMARTS) is 1. The molecule has 0 aromatic rings. The summed E-state index contributed by atoms with van der Waals surface area (Å²) >= 11 is 0. The van der Waals surface area contributed by atoms with Crippen LogP contribution in [0.4, 0.5) is 9.59 Å². The van der Waals surface area contributed by atoms with Gasteiger partial charge in [-0.1, -0.05) is 0 Å². The molecule has 0 radical (unpaired) electrons. The van der Waals surface area contributed by atoms with E-state index in [-0.39, 0.29) is 19.6 Å². The van der Waals surface area contributed by atoms with Crippen molar-refractivity contribution < 1.29 is 24.2 Å². The van der Waals surface area contributed by atoms with Crippen LogP contribution in [0.2, 0.25) is 0 Å². The highest BCUT2D eigenvalue weighted by molar-refractivity contribution is 5.82. The summed E-state index contributed by atoms with van der Waals surface area (Å²) in [4.78, 5) is 32.5. The van der Waals surface area contributed by atoms with Gasteiger partial charge in [0.25, 0.3) is 0 Å². The molecule has 0 spiro atoms. The molecule has 0 aliphatic carbocycles. The highest BCUT2D eigenvalue weighted by atomic mass is 16.6. The number of hydrogen-bond donors (Lipinski definition) is 4. The minimum absolute atomic E-state index is 0.105. The maximum Gasteiger partial charge on any atom is 0.408 e. The molecule has 104 valence electrons. The zero-order chi connectivity index (χ0) is 14.2. The first kappa shape index (κ1) is 16.0. The first-order chi connectivity index (χ1) is 8.20.